The van der Waals surface area contributed by atoms with Gasteiger partial charge in [0.15, 0.2) is 12.3 Å². The maximum atomic E-state index is 14.4. The smallest absolute Gasteiger partial charge is 0.309 e. The first-order valence-corrected chi connectivity index (χ1v) is 8.90. The molecule has 0 aromatic carbocycles. The summed E-state index contributed by atoms with van der Waals surface area (Å²) in [6.07, 6.45) is -2.98. The van der Waals surface area contributed by atoms with Crippen molar-refractivity contribution >= 4 is 5.97 Å². The summed E-state index contributed by atoms with van der Waals surface area (Å²) in [6.45, 7) is 6.23. The average molecular weight is 362 g/mol. The quantitative estimate of drug-likeness (QED) is 0.382. The van der Waals surface area contributed by atoms with Crippen molar-refractivity contribution < 1.29 is 27.1 Å². The Morgan fingerprint density at radius 1 is 1.16 bits per heavy atom. The fourth-order valence-corrected chi connectivity index (χ4v) is 3.72. The zero-order chi connectivity index (χ0) is 18.7. The van der Waals surface area contributed by atoms with Gasteiger partial charge in [-0.15, -0.1) is 0 Å². The molecule has 0 bridgehead atoms. The number of allylic oxidation sites excluding steroid dienone is 2. The SMILES string of the molecule is C=C(C)C1C(F)=C(COC(=O)C2CCC(CC)CC2)C(F)C(F)C1F. The number of carbonyl (C=O) groups is 1. The molecule has 2 rings (SSSR count). The lowest BCUT2D eigenvalue weighted by Gasteiger charge is -2.32. The Kier molecular flexibility index (Phi) is 6.69. The standard InChI is InChI=1S/C19H26F4O2/c1-4-11-5-7-12(8-6-11)19(24)25-9-13-15(20)14(10(2)3)17(22)18(23)16(13)21/h11-12,14,16-18H,2,4-9H2,1,3H3. The first kappa shape index (κ1) is 20.0. The van der Waals surface area contributed by atoms with Gasteiger partial charge in [0.25, 0.3) is 0 Å². The maximum absolute atomic E-state index is 14.4. The molecule has 25 heavy (non-hydrogen) atoms. The predicted octanol–water partition coefficient (Wildman–Crippen LogP) is 5.19. The molecule has 6 heteroatoms. The van der Waals surface area contributed by atoms with E-state index in [1.165, 1.54) is 6.92 Å². The van der Waals surface area contributed by atoms with E-state index in [-0.39, 0.29) is 11.5 Å². The van der Waals surface area contributed by atoms with Crippen LogP contribution in [0.4, 0.5) is 17.6 Å². The molecule has 0 spiro atoms. The summed E-state index contributed by atoms with van der Waals surface area (Å²) in [7, 11) is 0. The van der Waals surface area contributed by atoms with Crippen LogP contribution in [0.1, 0.15) is 46.0 Å². The van der Waals surface area contributed by atoms with Gasteiger partial charge in [-0.25, -0.2) is 17.6 Å². The Balaban J connectivity index is 2.02. The van der Waals surface area contributed by atoms with Crippen LogP contribution in [0.5, 0.6) is 0 Å². The first-order chi connectivity index (χ1) is 11.8. The molecule has 2 aliphatic carbocycles. The molecular weight excluding hydrogens is 336 g/mol. The zero-order valence-corrected chi connectivity index (χ0v) is 14.7. The minimum Gasteiger partial charge on any atom is -0.461 e. The molecule has 1 fully saturated rings. The molecule has 1 saturated carbocycles. The molecule has 0 amide bonds. The molecule has 0 heterocycles. The fraction of sp³-hybridized carbons (Fsp3) is 0.737. The predicted molar refractivity (Wildman–Crippen MR) is 87.8 cm³/mol. The minimum absolute atomic E-state index is 0.0706. The van der Waals surface area contributed by atoms with E-state index in [1.807, 2.05) is 0 Å². The molecule has 0 radical (unpaired) electrons. The molecule has 2 aliphatic rings. The van der Waals surface area contributed by atoms with Crippen LogP contribution in [0.2, 0.25) is 0 Å². The fourth-order valence-electron chi connectivity index (χ4n) is 3.72. The van der Waals surface area contributed by atoms with E-state index >= 15 is 0 Å². The highest BCUT2D eigenvalue weighted by atomic mass is 19.2. The number of esters is 1. The van der Waals surface area contributed by atoms with E-state index in [0.717, 1.165) is 19.3 Å². The summed E-state index contributed by atoms with van der Waals surface area (Å²) in [5.41, 5.74) is -0.550. The number of hydrogen-bond acceptors (Lipinski definition) is 2. The molecular formula is C19H26F4O2. The van der Waals surface area contributed by atoms with Crippen LogP contribution in [-0.4, -0.2) is 31.1 Å². The first-order valence-electron chi connectivity index (χ1n) is 8.90. The summed E-state index contributed by atoms with van der Waals surface area (Å²) >= 11 is 0. The Morgan fingerprint density at radius 2 is 1.76 bits per heavy atom. The van der Waals surface area contributed by atoms with Gasteiger partial charge in [0.1, 0.15) is 18.6 Å². The third-order valence-corrected chi connectivity index (χ3v) is 5.47. The number of carbonyl (C=O) groups excluding carboxylic acids is 1. The highest BCUT2D eigenvalue weighted by Crippen LogP contribution is 2.40. The Hall–Kier alpha value is -1.33. The summed E-state index contributed by atoms with van der Waals surface area (Å²) in [5, 5.41) is 0. The third kappa shape index (κ3) is 4.26. The Bertz CT molecular complexity index is 538. The normalized spacial score (nSPS) is 36.2. The third-order valence-electron chi connectivity index (χ3n) is 5.47. The van der Waals surface area contributed by atoms with Gasteiger partial charge in [0.05, 0.1) is 11.8 Å². The largest absolute Gasteiger partial charge is 0.461 e. The highest BCUT2D eigenvalue weighted by molar-refractivity contribution is 5.72. The number of alkyl halides is 3. The van der Waals surface area contributed by atoms with Gasteiger partial charge in [0.2, 0.25) is 0 Å². The second kappa shape index (κ2) is 8.37. The van der Waals surface area contributed by atoms with Gasteiger partial charge in [-0.1, -0.05) is 25.5 Å². The van der Waals surface area contributed by atoms with Gasteiger partial charge in [0, 0.05) is 5.57 Å². The highest BCUT2D eigenvalue weighted by Gasteiger charge is 2.47. The zero-order valence-electron chi connectivity index (χ0n) is 14.7. The van der Waals surface area contributed by atoms with Crippen molar-refractivity contribution in [2.75, 3.05) is 6.61 Å². The van der Waals surface area contributed by atoms with Crippen LogP contribution >= 0.6 is 0 Å². The second-order valence-corrected chi connectivity index (χ2v) is 7.22. The van der Waals surface area contributed by atoms with Crippen LogP contribution in [0.15, 0.2) is 23.6 Å². The molecule has 0 aromatic heterocycles. The lowest BCUT2D eigenvalue weighted by Crippen LogP contribution is -2.42. The van der Waals surface area contributed by atoms with Crippen LogP contribution in [0, 0.1) is 17.8 Å². The van der Waals surface area contributed by atoms with Crippen molar-refractivity contribution in [3.05, 3.63) is 23.6 Å². The van der Waals surface area contributed by atoms with Gasteiger partial charge in [-0.2, -0.15) is 0 Å². The maximum Gasteiger partial charge on any atom is 0.309 e. The summed E-state index contributed by atoms with van der Waals surface area (Å²) in [6, 6.07) is 0. The van der Waals surface area contributed by atoms with Crippen molar-refractivity contribution in [2.24, 2.45) is 17.8 Å². The van der Waals surface area contributed by atoms with Gasteiger partial charge in [-0.05, 0) is 38.5 Å². The van der Waals surface area contributed by atoms with E-state index < -0.39 is 48.4 Å². The molecule has 2 nitrogen and oxygen atoms in total. The van der Waals surface area contributed by atoms with Crippen molar-refractivity contribution in [2.45, 2.75) is 64.5 Å². The minimum atomic E-state index is -2.49. The van der Waals surface area contributed by atoms with E-state index in [9.17, 15) is 22.4 Å². The number of hydrogen-bond donors (Lipinski definition) is 0. The summed E-state index contributed by atoms with van der Waals surface area (Å²) < 4.78 is 61.2. The van der Waals surface area contributed by atoms with Crippen molar-refractivity contribution in [1.29, 1.82) is 0 Å². The van der Waals surface area contributed by atoms with Crippen LogP contribution < -0.4 is 0 Å². The number of ether oxygens (including phenoxy) is 1. The second-order valence-electron chi connectivity index (χ2n) is 7.22. The van der Waals surface area contributed by atoms with Crippen molar-refractivity contribution in [3.8, 4) is 0 Å². The van der Waals surface area contributed by atoms with Crippen LogP contribution in [0.3, 0.4) is 0 Å². The molecule has 4 unspecified atom stereocenters. The van der Waals surface area contributed by atoms with Gasteiger partial charge in [-0.3, -0.25) is 4.79 Å². The summed E-state index contributed by atoms with van der Waals surface area (Å²) in [5.74, 6) is -2.85. The molecule has 0 N–H and O–H groups in total. The summed E-state index contributed by atoms with van der Waals surface area (Å²) in [4.78, 5) is 12.1. The molecule has 142 valence electrons. The Morgan fingerprint density at radius 3 is 2.28 bits per heavy atom. The lowest BCUT2D eigenvalue weighted by atomic mass is 9.80. The Labute approximate surface area is 146 Å². The molecule has 4 atom stereocenters. The van der Waals surface area contributed by atoms with Gasteiger partial charge >= 0.3 is 5.97 Å². The van der Waals surface area contributed by atoms with Crippen molar-refractivity contribution in [3.63, 3.8) is 0 Å². The lowest BCUT2D eigenvalue weighted by molar-refractivity contribution is -0.149. The van der Waals surface area contributed by atoms with E-state index in [2.05, 4.69) is 13.5 Å². The molecule has 0 saturated heterocycles. The van der Waals surface area contributed by atoms with E-state index in [0.29, 0.717) is 18.8 Å². The monoisotopic (exact) mass is 362 g/mol. The van der Waals surface area contributed by atoms with Crippen molar-refractivity contribution in [1.82, 2.24) is 0 Å². The number of halogens is 4. The topological polar surface area (TPSA) is 26.3 Å². The molecule has 0 aliphatic heterocycles. The van der Waals surface area contributed by atoms with Crippen LogP contribution in [0.25, 0.3) is 0 Å². The molecule has 0 aromatic rings. The van der Waals surface area contributed by atoms with Crippen LogP contribution in [-0.2, 0) is 9.53 Å². The van der Waals surface area contributed by atoms with E-state index in [4.69, 9.17) is 4.74 Å². The average Bonchev–Trinajstić information content (AvgIpc) is 2.59. The number of rotatable bonds is 5. The van der Waals surface area contributed by atoms with E-state index in [1.54, 1.807) is 0 Å². The van der Waals surface area contributed by atoms with Gasteiger partial charge < -0.3 is 4.74 Å².